The second-order valence-electron chi connectivity index (χ2n) is 4.43. The summed E-state index contributed by atoms with van der Waals surface area (Å²) in [5.41, 5.74) is 5.71. The van der Waals surface area contributed by atoms with Crippen molar-refractivity contribution < 1.29 is 9.53 Å². The summed E-state index contributed by atoms with van der Waals surface area (Å²) >= 11 is 0. The summed E-state index contributed by atoms with van der Waals surface area (Å²) in [5.74, 6) is -0.0456. The van der Waals surface area contributed by atoms with E-state index in [0.717, 1.165) is 19.6 Å². The summed E-state index contributed by atoms with van der Waals surface area (Å²) in [4.78, 5) is 21.9. The smallest absolute Gasteiger partial charge is 0.271 e. The number of nitrogens with one attached hydrogen (secondary N) is 1. The number of nitrogen functional groups attached to an aromatic ring is 1. The SMILES string of the molecule is CCN1CCOC(CNC(=O)c2cncc(N)n2)C1. The summed E-state index contributed by atoms with van der Waals surface area (Å²) in [5, 5.41) is 2.79. The minimum absolute atomic E-state index is 0.0201. The van der Waals surface area contributed by atoms with Crippen LogP contribution in [0.25, 0.3) is 0 Å². The zero-order valence-electron chi connectivity index (χ0n) is 11.0. The van der Waals surface area contributed by atoms with Crippen molar-refractivity contribution in [2.24, 2.45) is 0 Å². The van der Waals surface area contributed by atoms with E-state index in [0.29, 0.717) is 13.2 Å². The molecule has 104 valence electrons. The number of amides is 1. The number of carbonyl (C=O) groups excluding carboxylic acids is 1. The molecule has 7 nitrogen and oxygen atoms in total. The molecule has 2 heterocycles. The summed E-state index contributed by atoms with van der Waals surface area (Å²) in [6.07, 6.45) is 2.82. The van der Waals surface area contributed by atoms with Gasteiger partial charge in [-0.3, -0.25) is 14.7 Å². The van der Waals surface area contributed by atoms with Gasteiger partial charge in [-0.05, 0) is 6.54 Å². The molecule has 0 saturated carbocycles. The van der Waals surface area contributed by atoms with Gasteiger partial charge in [0.1, 0.15) is 11.5 Å². The van der Waals surface area contributed by atoms with Crippen LogP contribution in [-0.2, 0) is 4.74 Å². The van der Waals surface area contributed by atoms with Crippen LogP contribution in [0.5, 0.6) is 0 Å². The van der Waals surface area contributed by atoms with Crippen molar-refractivity contribution in [1.29, 1.82) is 0 Å². The highest BCUT2D eigenvalue weighted by molar-refractivity contribution is 5.92. The van der Waals surface area contributed by atoms with Gasteiger partial charge in [0.05, 0.1) is 25.1 Å². The van der Waals surface area contributed by atoms with Crippen molar-refractivity contribution in [3.05, 3.63) is 18.1 Å². The maximum Gasteiger partial charge on any atom is 0.271 e. The van der Waals surface area contributed by atoms with Crippen LogP contribution in [0.2, 0.25) is 0 Å². The monoisotopic (exact) mass is 265 g/mol. The lowest BCUT2D eigenvalue weighted by molar-refractivity contribution is -0.0246. The minimum atomic E-state index is -0.281. The summed E-state index contributed by atoms with van der Waals surface area (Å²) in [6.45, 7) is 6.05. The molecule has 0 bridgehead atoms. The first-order valence-corrected chi connectivity index (χ1v) is 6.38. The first-order chi connectivity index (χ1) is 9.19. The van der Waals surface area contributed by atoms with Gasteiger partial charge in [0.25, 0.3) is 5.91 Å². The Morgan fingerprint density at radius 1 is 1.63 bits per heavy atom. The predicted molar refractivity (Wildman–Crippen MR) is 70.6 cm³/mol. The lowest BCUT2D eigenvalue weighted by Gasteiger charge is -2.32. The Bertz CT molecular complexity index is 440. The Kier molecular flexibility index (Phi) is 4.64. The quantitative estimate of drug-likeness (QED) is 0.763. The van der Waals surface area contributed by atoms with E-state index in [1.165, 1.54) is 12.4 Å². The number of morpholine rings is 1. The third kappa shape index (κ3) is 3.87. The minimum Gasteiger partial charge on any atom is -0.382 e. The Morgan fingerprint density at radius 3 is 3.21 bits per heavy atom. The Balaban J connectivity index is 1.83. The molecule has 1 aliphatic rings. The van der Waals surface area contributed by atoms with Gasteiger partial charge in [0, 0.05) is 19.6 Å². The summed E-state index contributed by atoms with van der Waals surface area (Å²) in [6, 6.07) is 0. The van der Waals surface area contributed by atoms with Crippen molar-refractivity contribution in [3.8, 4) is 0 Å². The summed E-state index contributed by atoms with van der Waals surface area (Å²) in [7, 11) is 0. The first-order valence-electron chi connectivity index (χ1n) is 6.38. The van der Waals surface area contributed by atoms with Crippen LogP contribution < -0.4 is 11.1 Å². The number of nitrogens with two attached hydrogens (primary N) is 1. The molecule has 1 saturated heterocycles. The van der Waals surface area contributed by atoms with Crippen molar-refractivity contribution >= 4 is 11.7 Å². The van der Waals surface area contributed by atoms with E-state index in [2.05, 4.69) is 27.1 Å². The fraction of sp³-hybridized carbons (Fsp3) is 0.583. The van der Waals surface area contributed by atoms with Crippen LogP contribution in [0.3, 0.4) is 0 Å². The highest BCUT2D eigenvalue weighted by atomic mass is 16.5. The van der Waals surface area contributed by atoms with Gasteiger partial charge in [-0.1, -0.05) is 6.92 Å². The number of carbonyl (C=O) groups is 1. The van der Waals surface area contributed by atoms with Gasteiger partial charge in [0.2, 0.25) is 0 Å². The standard InChI is InChI=1S/C12H19N5O2/c1-2-17-3-4-19-9(8-17)5-15-12(18)10-6-14-7-11(13)16-10/h6-7,9H,2-5,8H2,1H3,(H2,13,16)(H,15,18). The summed E-state index contributed by atoms with van der Waals surface area (Å²) < 4.78 is 5.60. The third-order valence-corrected chi connectivity index (χ3v) is 3.05. The Labute approximate surface area is 112 Å². The van der Waals surface area contributed by atoms with Gasteiger partial charge in [0.15, 0.2) is 0 Å². The zero-order chi connectivity index (χ0) is 13.7. The van der Waals surface area contributed by atoms with Crippen LogP contribution in [-0.4, -0.2) is 59.7 Å². The van der Waals surface area contributed by atoms with E-state index in [1.54, 1.807) is 0 Å². The number of anilines is 1. The highest BCUT2D eigenvalue weighted by Crippen LogP contribution is 2.04. The number of rotatable bonds is 4. The molecule has 0 spiro atoms. The molecule has 2 rings (SSSR count). The number of nitrogens with zero attached hydrogens (tertiary/aromatic N) is 3. The van der Waals surface area contributed by atoms with Crippen molar-refractivity contribution in [1.82, 2.24) is 20.2 Å². The Morgan fingerprint density at radius 2 is 2.47 bits per heavy atom. The third-order valence-electron chi connectivity index (χ3n) is 3.05. The van der Waals surface area contributed by atoms with Gasteiger partial charge in [-0.15, -0.1) is 0 Å². The van der Waals surface area contributed by atoms with Crippen LogP contribution >= 0.6 is 0 Å². The van der Waals surface area contributed by atoms with Crippen molar-refractivity contribution in [2.45, 2.75) is 13.0 Å². The average Bonchev–Trinajstić information content (AvgIpc) is 2.45. The topological polar surface area (TPSA) is 93.4 Å². The zero-order valence-corrected chi connectivity index (χ0v) is 11.0. The van der Waals surface area contributed by atoms with Crippen LogP contribution in [0, 0.1) is 0 Å². The van der Waals surface area contributed by atoms with Gasteiger partial charge < -0.3 is 15.8 Å². The molecule has 1 amide bonds. The fourth-order valence-corrected chi connectivity index (χ4v) is 1.98. The van der Waals surface area contributed by atoms with E-state index in [9.17, 15) is 4.79 Å². The number of hydrogen-bond donors (Lipinski definition) is 2. The van der Waals surface area contributed by atoms with E-state index >= 15 is 0 Å². The lowest BCUT2D eigenvalue weighted by Crippen LogP contribution is -2.47. The highest BCUT2D eigenvalue weighted by Gasteiger charge is 2.20. The molecule has 7 heteroatoms. The molecule has 0 aromatic carbocycles. The van der Waals surface area contributed by atoms with Crippen LogP contribution in [0.1, 0.15) is 17.4 Å². The molecule has 1 atom stereocenters. The van der Waals surface area contributed by atoms with Gasteiger partial charge >= 0.3 is 0 Å². The normalized spacial score (nSPS) is 20.2. The van der Waals surface area contributed by atoms with Crippen molar-refractivity contribution in [2.75, 3.05) is 38.5 Å². The van der Waals surface area contributed by atoms with E-state index in [-0.39, 0.29) is 23.5 Å². The van der Waals surface area contributed by atoms with Gasteiger partial charge in [-0.25, -0.2) is 4.98 Å². The van der Waals surface area contributed by atoms with Crippen molar-refractivity contribution in [3.63, 3.8) is 0 Å². The molecule has 1 aromatic rings. The molecular weight excluding hydrogens is 246 g/mol. The predicted octanol–water partition coefficient (Wildman–Crippen LogP) is -0.491. The molecule has 3 N–H and O–H groups in total. The molecule has 0 aliphatic carbocycles. The number of hydrogen-bond acceptors (Lipinski definition) is 6. The second kappa shape index (κ2) is 6.44. The molecule has 1 fully saturated rings. The average molecular weight is 265 g/mol. The number of ether oxygens (including phenoxy) is 1. The molecule has 1 unspecified atom stereocenters. The molecule has 0 radical (unpaired) electrons. The number of likely N-dealkylation sites (N-methyl/N-ethyl adjacent to an activating group) is 1. The molecule has 1 aliphatic heterocycles. The maximum atomic E-state index is 11.9. The largest absolute Gasteiger partial charge is 0.382 e. The Hall–Kier alpha value is -1.73. The molecular formula is C12H19N5O2. The lowest BCUT2D eigenvalue weighted by atomic mass is 10.2. The molecule has 19 heavy (non-hydrogen) atoms. The molecule has 1 aromatic heterocycles. The van der Waals surface area contributed by atoms with E-state index < -0.39 is 0 Å². The van der Waals surface area contributed by atoms with Crippen LogP contribution in [0.4, 0.5) is 5.82 Å². The maximum absolute atomic E-state index is 11.9. The van der Waals surface area contributed by atoms with E-state index in [1.807, 2.05) is 0 Å². The first kappa shape index (κ1) is 13.7. The van der Waals surface area contributed by atoms with Gasteiger partial charge in [-0.2, -0.15) is 0 Å². The fourth-order valence-electron chi connectivity index (χ4n) is 1.98. The second-order valence-corrected chi connectivity index (χ2v) is 4.43. The number of aromatic nitrogens is 2. The van der Waals surface area contributed by atoms with Crippen LogP contribution in [0.15, 0.2) is 12.4 Å². The van der Waals surface area contributed by atoms with E-state index in [4.69, 9.17) is 10.5 Å².